The van der Waals surface area contributed by atoms with E-state index < -0.39 is 11.7 Å². The molecule has 128 valence electrons. The summed E-state index contributed by atoms with van der Waals surface area (Å²) in [5.74, 6) is -1.09. The van der Waals surface area contributed by atoms with E-state index in [1.165, 1.54) is 6.07 Å². The molecular formula is C16H18ClFN4O2. The van der Waals surface area contributed by atoms with Crippen LogP contribution in [0.5, 0.6) is 0 Å². The number of carbonyl (C=O) groups excluding carboxylic acids is 2. The van der Waals surface area contributed by atoms with Gasteiger partial charge in [-0.15, -0.1) is 0 Å². The van der Waals surface area contributed by atoms with Crippen LogP contribution in [0.3, 0.4) is 0 Å². The van der Waals surface area contributed by atoms with Gasteiger partial charge in [-0.2, -0.15) is 0 Å². The van der Waals surface area contributed by atoms with Gasteiger partial charge in [0, 0.05) is 38.4 Å². The number of nitrogens with one attached hydrogen (secondary N) is 2. The highest BCUT2D eigenvalue weighted by atomic mass is 35.5. The van der Waals surface area contributed by atoms with Gasteiger partial charge in [-0.05, 0) is 24.6 Å². The van der Waals surface area contributed by atoms with E-state index >= 15 is 0 Å². The van der Waals surface area contributed by atoms with Gasteiger partial charge in [0.2, 0.25) is 5.91 Å². The van der Waals surface area contributed by atoms with E-state index in [1.54, 1.807) is 12.5 Å². The molecule has 0 aliphatic heterocycles. The Balaban J connectivity index is 1.62. The van der Waals surface area contributed by atoms with E-state index in [0.29, 0.717) is 6.54 Å². The summed E-state index contributed by atoms with van der Waals surface area (Å²) in [4.78, 5) is 27.5. The van der Waals surface area contributed by atoms with Crippen LogP contribution in [0, 0.1) is 5.82 Å². The highest BCUT2D eigenvalue weighted by molar-refractivity contribution is 6.33. The number of carbonyl (C=O) groups is 2. The molecule has 2 N–H and O–H groups in total. The number of aromatic nitrogens is 2. The first kappa shape index (κ1) is 17.9. The van der Waals surface area contributed by atoms with Crippen molar-refractivity contribution in [3.8, 4) is 0 Å². The molecule has 0 aliphatic rings. The van der Waals surface area contributed by atoms with Crippen molar-refractivity contribution < 1.29 is 14.0 Å². The monoisotopic (exact) mass is 352 g/mol. The molecule has 1 aromatic heterocycles. The maximum absolute atomic E-state index is 12.9. The van der Waals surface area contributed by atoms with E-state index in [9.17, 15) is 14.0 Å². The molecule has 0 spiro atoms. The molecular weight excluding hydrogens is 335 g/mol. The summed E-state index contributed by atoms with van der Waals surface area (Å²) in [6.07, 6.45) is 6.24. The second-order valence-corrected chi connectivity index (χ2v) is 5.54. The predicted octanol–water partition coefficient (Wildman–Crippen LogP) is 2.00. The van der Waals surface area contributed by atoms with Crippen molar-refractivity contribution in [3.05, 3.63) is 53.3 Å². The van der Waals surface area contributed by atoms with Crippen molar-refractivity contribution in [1.29, 1.82) is 0 Å². The summed E-state index contributed by atoms with van der Waals surface area (Å²) in [7, 11) is 0. The van der Waals surface area contributed by atoms with Gasteiger partial charge in [0.05, 0.1) is 16.9 Å². The van der Waals surface area contributed by atoms with Crippen LogP contribution < -0.4 is 10.6 Å². The third-order valence-electron chi connectivity index (χ3n) is 3.29. The molecule has 6 nitrogen and oxygen atoms in total. The molecule has 0 atom stereocenters. The summed E-state index contributed by atoms with van der Waals surface area (Å²) in [5, 5.41) is 5.40. The highest BCUT2D eigenvalue weighted by Gasteiger charge is 2.11. The van der Waals surface area contributed by atoms with Crippen LogP contribution in [-0.2, 0) is 11.3 Å². The normalized spacial score (nSPS) is 10.4. The zero-order valence-corrected chi connectivity index (χ0v) is 13.7. The lowest BCUT2D eigenvalue weighted by molar-refractivity contribution is -0.120. The van der Waals surface area contributed by atoms with E-state index in [-0.39, 0.29) is 29.5 Å². The van der Waals surface area contributed by atoms with Crippen LogP contribution in [0.2, 0.25) is 5.02 Å². The SMILES string of the molecule is O=C(CCNC(=O)c1ccc(F)cc1Cl)NCCCn1ccnc1. The molecule has 0 bridgehead atoms. The third-order valence-corrected chi connectivity index (χ3v) is 3.60. The summed E-state index contributed by atoms with van der Waals surface area (Å²) >= 11 is 5.81. The van der Waals surface area contributed by atoms with E-state index in [0.717, 1.165) is 25.1 Å². The number of hydrogen-bond donors (Lipinski definition) is 2. The predicted molar refractivity (Wildman–Crippen MR) is 88.2 cm³/mol. The second-order valence-electron chi connectivity index (χ2n) is 5.13. The zero-order chi connectivity index (χ0) is 17.4. The average Bonchev–Trinajstić information content (AvgIpc) is 3.04. The maximum atomic E-state index is 12.9. The number of amides is 2. The smallest absolute Gasteiger partial charge is 0.252 e. The maximum Gasteiger partial charge on any atom is 0.252 e. The Kier molecular flexibility index (Phi) is 6.74. The second kappa shape index (κ2) is 9.02. The largest absolute Gasteiger partial charge is 0.356 e. The minimum Gasteiger partial charge on any atom is -0.356 e. The lowest BCUT2D eigenvalue weighted by atomic mass is 10.2. The molecule has 2 rings (SSSR count). The number of aryl methyl sites for hydroxylation is 1. The molecule has 1 heterocycles. The van der Waals surface area contributed by atoms with E-state index in [2.05, 4.69) is 15.6 Å². The van der Waals surface area contributed by atoms with Gasteiger partial charge in [-0.25, -0.2) is 9.37 Å². The molecule has 0 fully saturated rings. The highest BCUT2D eigenvalue weighted by Crippen LogP contribution is 2.16. The minimum atomic E-state index is -0.508. The Hall–Kier alpha value is -2.41. The molecule has 0 aliphatic carbocycles. The molecule has 0 radical (unpaired) electrons. The summed E-state index contributed by atoms with van der Waals surface area (Å²) in [5.41, 5.74) is 0.179. The van der Waals surface area contributed by atoms with Gasteiger partial charge in [-0.3, -0.25) is 9.59 Å². The van der Waals surface area contributed by atoms with Crippen molar-refractivity contribution in [3.63, 3.8) is 0 Å². The van der Waals surface area contributed by atoms with Crippen molar-refractivity contribution in [2.24, 2.45) is 0 Å². The Labute approximate surface area is 144 Å². The van der Waals surface area contributed by atoms with Crippen LogP contribution >= 0.6 is 11.6 Å². The Morgan fingerprint density at radius 3 is 2.79 bits per heavy atom. The van der Waals surface area contributed by atoms with Crippen molar-refractivity contribution in [2.45, 2.75) is 19.4 Å². The Morgan fingerprint density at radius 1 is 1.25 bits per heavy atom. The molecule has 0 unspecified atom stereocenters. The van der Waals surface area contributed by atoms with Gasteiger partial charge < -0.3 is 15.2 Å². The van der Waals surface area contributed by atoms with E-state index in [4.69, 9.17) is 11.6 Å². The fourth-order valence-electron chi connectivity index (χ4n) is 2.06. The molecule has 0 saturated carbocycles. The number of nitrogens with zero attached hydrogens (tertiary/aromatic N) is 2. The molecule has 8 heteroatoms. The fourth-order valence-corrected chi connectivity index (χ4v) is 2.31. The van der Waals surface area contributed by atoms with Crippen molar-refractivity contribution in [1.82, 2.24) is 20.2 Å². The van der Waals surface area contributed by atoms with Crippen molar-refractivity contribution >= 4 is 23.4 Å². The van der Waals surface area contributed by atoms with Gasteiger partial charge >= 0.3 is 0 Å². The van der Waals surface area contributed by atoms with Crippen molar-refractivity contribution in [2.75, 3.05) is 13.1 Å². The fraction of sp³-hybridized carbons (Fsp3) is 0.312. The molecule has 2 amide bonds. The number of hydrogen-bond acceptors (Lipinski definition) is 3. The first-order valence-corrected chi connectivity index (χ1v) is 7.90. The lowest BCUT2D eigenvalue weighted by Gasteiger charge is -2.08. The Bertz CT molecular complexity index is 691. The summed E-state index contributed by atoms with van der Waals surface area (Å²) < 4.78 is 14.9. The van der Waals surface area contributed by atoms with E-state index in [1.807, 2.05) is 10.8 Å². The first-order valence-electron chi connectivity index (χ1n) is 7.52. The van der Waals surface area contributed by atoms with Crippen LogP contribution in [-0.4, -0.2) is 34.5 Å². The number of halogens is 2. The summed E-state index contributed by atoms with van der Waals surface area (Å²) in [6.45, 7) is 1.51. The van der Waals surface area contributed by atoms with Gasteiger partial charge in [-0.1, -0.05) is 11.6 Å². The molecule has 0 saturated heterocycles. The van der Waals surface area contributed by atoms with Crippen LogP contribution in [0.25, 0.3) is 0 Å². The van der Waals surface area contributed by atoms with Crippen LogP contribution in [0.1, 0.15) is 23.2 Å². The summed E-state index contributed by atoms with van der Waals surface area (Å²) in [6, 6.07) is 3.54. The number of benzene rings is 1. The quantitative estimate of drug-likeness (QED) is 0.713. The average molecular weight is 353 g/mol. The third kappa shape index (κ3) is 5.66. The van der Waals surface area contributed by atoms with Crippen LogP contribution in [0.4, 0.5) is 4.39 Å². The molecule has 2 aromatic rings. The standard InChI is InChI=1S/C16H18ClFN4O2/c17-14-10-12(18)2-3-13(14)16(24)21-6-4-15(23)20-5-1-8-22-9-7-19-11-22/h2-3,7,9-11H,1,4-6,8H2,(H,20,23)(H,21,24). The zero-order valence-electron chi connectivity index (χ0n) is 13.0. The first-order chi connectivity index (χ1) is 11.6. The van der Waals surface area contributed by atoms with Gasteiger partial charge in [0.15, 0.2) is 0 Å². The molecule has 24 heavy (non-hydrogen) atoms. The topological polar surface area (TPSA) is 76.0 Å². The lowest BCUT2D eigenvalue weighted by Crippen LogP contribution is -2.31. The molecule has 1 aromatic carbocycles. The number of imidazole rings is 1. The van der Waals surface area contributed by atoms with Gasteiger partial charge in [0.25, 0.3) is 5.91 Å². The minimum absolute atomic E-state index is 0.0384. The van der Waals surface area contributed by atoms with Crippen LogP contribution in [0.15, 0.2) is 36.9 Å². The Morgan fingerprint density at radius 2 is 2.08 bits per heavy atom. The number of rotatable bonds is 8. The van der Waals surface area contributed by atoms with Gasteiger partial charge in [0.1, 0.15) is 5.82 Å².